The third-order valence-corrected chi connectivity index (χ3v) is 8.26. The second kappa shape index (κ2) is 16.9. The van der Waals surface area contributed by atoms with Crippen molar-refractivity contribution in [3.63, 3.8) is 0 Å². The summed E-state index contributed by atoms with van der Waals surface area (Å²) in [5, 5.41) is 10.3. The molecule has 3 atom stereocenters. The van der Waals surface area contributed by atoms with Crippen LogP contribution in [0.3, 0.4) is 0 Å². The summed E-state index contributed by atoms with van der Waals surface area (Å²) in [5.41, 5.74) is 0. The molecule has 0 spiro atoms. The summed E-state index contributed by atoms with van der Waals surface area (Å²) >= 11 is 5.91. The predicted octanol–water partition coefficient (Wildman–Crippen LogP) is 6.06. The second-order valence-electron chi connectivity index (χ2n) is 9.41. The van der Waals surface area contributed by atoms with Crippen LogP contribution in [0, 0.1) is 5.92 Å². The molecule has 1 aliphatic heterocycles. The fourth-order valence-corrected chi connectivity index (χ4v) is 5.82. The fraction of sp³-hybridized carbons (Fsp3) is 0.769. The van der Waals surface area contributed by atoms with Crippen LogP contribution in [-0.2, 0) is 19.5 Å². The second-order valence-corrected chi connectivity index (χ2v) is 11.6. The number of rotatable bonds is 18. The number of benzene rings is 1. The summed E-state index contributed by atoms with van der Waals surface area (Å²) in [6.07, 6.45) is 12.7. The Balaban J connectivity index is 1.78. The van der Waals surface area contributed by atoms with Crippen LogP contribution in [0.15, 0.2) is 29.2 Å². The van der Waals surface area contributed by atoms with Gasteiger partial charge in [-0.25, -0.2) is 13.1 Å². The highest BCUT2D eigenvalue weighted by molar-refractivity contribution is 7.89. The molecule has 0 aliphatic carbocycles. The first-order chi connectivity index (χ1) is 16.4. The average molecular weight is 518 g/mol. The summed E-state index contributed by atoms with van der Waals surface area (Å²) in [6.45, 7) is 3.76. The first-order valence-corrected chi connectivity index (χ1v) is 14.9. The molecule has 1 fully saturated rings. The zero-order chi connectivity index (χ0) is 24.7. The van der Waals surface area contributed by atoms with Crippen molar-refractivity contribution >= 4 is 21.6 Å². The Morgan fingerprint density at radius 2 is 1.79 bits per heavy atom. The summed E-state index contributed by atoms with van der Waals surface area (Å²) in [5.74, 6) is 0.212. The molecule has 1 saturated heterocycles. The van der Waals surface area contributed by atoms with E-state index in [1.54, 1.807) is 24.3 Å². The molecule has 0 saturated carbocycles. The predicted molar refractivity (Wildman–Crippen MR) is 138 cm³/mol. The molecular weight excluding hydrogens is 474 g/mol. The van der Waals surface area contributed by atoms with E-state index in [0.717, 1.165) is 90.1 Å². The number of hydrogen-bond donors (Lipinski definition) is 2. The Morgan fingerprint density at radius 1 is 1.06 bits per heavy atom. The minimum atomic E-state index is -3.59. The number of aliphatic hydroxyl groups is 1. The molecule has 34 heavy (non-hydrogen) atoms. The van der Waals surface area contributed by atoms with E-state index < -0.39 is 10.0 Å². The molecule has 0 amide bonds. The van der Waals surface area contributed by atoms with E-state index >= 15 is 0 Å². The molecule has 1 aromatic carbocycles. The summed E-state index contributed by atoms with van der Waals surface area (Å²) < 4.78 is 40.1. The molecule has 2 N–H and O–H groups in total. The molecular formula is C26H44ClNO5S. The lowest BCUT2D eigenvalue weighted by Crippen LogP contribution is -2.35. The first kappa shape index (κ1) is 29.5. The minimum absolute atomic E-state index is 0.0662. The van der Waals surface area contributed by atoms with Gasteiger partial charge in [-0.05, 0) is 81.5 Å². The van der Waals surface area contributed by atoms with Crippen LogP contribution in [0.1, 0.15) is 90.4 Å². The van der Waals surface area contributed by atoms with Crippen LogP contribution in [0.2, 0.25) is 5.02 Å². The van der Waals surface area contributed by atoms with Gasteiger partial charge >= 0.3 is 0 Å². The molecule has 0 bridgehead atoms. The van der Waals surface area contributed by atoms with E-state index in [1.807, 2.05) is 0 Å². The van der Waals surface area contributed by atoms with Gasteiger partial charge in [0.25, 0.3) is 0 Å². The zero-order valence-corrected chi connectivity index (χ0v) is 22.3. The molecule has 6 nitrogen and oxygen atoms in total. The van der Waals surface area contributed by atoms with E-state index in [2.05, 4.69) is 11.6 Å². The van der Waals surface area contributed by atoms with Gasteiger partial charge in [0, 0.05) is 30.9 Å². The van der Waals surface area contributed by atoms with Crippen molar-refractivity contribution < 1.29 is 23.0 Å². The van der Waals surface area contributed by atoms with Crippen LogP contribution in [-0.4, -0.2) is 45.7 Å². The highest BCUT2D eigenvalue weighted by Gasteiger charge is 2.20. The quantitative estimate of drug-likeness (QED) is 0.231. The third-order valence-electron chi connectivity index (χ3n) is 6.47. The zero-order valence-electron chi connectivity index (χ0n) is 20.7. The molecule has 1 aromatic rings. The van der Waals surface area contributed by atoms with Crippen LogP contribution < -0.4 is 4.72 Å². The maximum absolute atomic E-state index is 12.9. The van der Waals surface area contributed by atoms with Crippen molar-refractivity contribution in [1.82, 2.24) is 4.72 Å². The summed E-state index contributed by atoms with van der Waals surface area (Å²) in [4.78, 5) is 0.241. The van der Waals surface area contributed by atoms with Crippen molar-refractivity contribution in [2.75, 3.05) is 19.8 Å². The van der Waals surface area contributed by atoms with Gasteiger partial charge in [-0.15, -0.1) is 0 Å². The number of nitrogens with one attached hydrogen (secondary N) is 1. The molecule has 8 heteroatoms. The molecule has 196 valence electrons. The maximum Gasteiger partial charge on any atom is 0.240 e. The van der Waals surface area contributed by atoms with Gasteiger partial charge in [-0.3, -0.25) is 0 Å². The van der Waals surface area contributed by atoms with E-state index in [-0.39, 0.29) is 29.8 Å². The first-order valence-electron chi connectivity index (χ1n) is 13.1. The topological polar surface area (TPSA) is 84.9 Å². The number of ether oxygens (including phenoxy) is 2. The van der Waals surface area contributed by atoms with Gasteiger partial charge in [0.05, 0.1) is 4.90 Å². The van der Waals surface area contributed by atoms with Gasteiger partial charge in [0.2, 0.25) is 10.0 Å². The van der Waals surface area contributed by atoms with Crippen LogP contribution in [0.4, 0.5) is 0 Å². The van der Waals surface area contributed by atoms with Gasteiger partial charge in [0.15, 0.2) is 6.29 Å². The summed E-state index contributed by atoms with van der Waals surface area (Å²) in [7, 11) is -3.59. The van der Waals surface area contributed by atoms with Crippen molar-refractivity contribution in [3.05, 3.63) is 29.3 Å². The molecule has 0 aromatic heterocycles. The Bertz CT molecular complexity index is 753. The largest absolute Gasteiger partial charge is 0.396 e. The van der Waals surface area contributed by atoms with Crippen LogP contribution in [0.25, 0.3) is 0 Å². The van der Waals surface area contributed by atoms with Gasteiger partial charge in [-0.2, -0.15) is 0 Å². The van der Waals surface area contributed by atoms with E-state index in [1.165, 1.54) is 0 Å². The number of hydrogen-bond acceptors (Lipinski definition) is 5. The smallest absolute Gasteiger partial charge is 0.240 e. The van der Waals surface area contributed by atoms with Gasteiger partial charge in [-0.1, -0.05) is 50.6 Å². The van der Waals surface area contributed by atoms with Gasteiger partial charge in [0.1, 0.15) is 0 Å². The monoisotopic (exact) mass is 517 g/mol. The van der Waals surface area contributed by atoms with Gasteiger partial charge < -0.3 is 14.6 Å². The average Bonchev–Trinajstić information content (AvgIpc) is 2.84. The number of halogens is 1. The molecule has 2 rings (SSSR count). The molecule has 1 heterocycles. The lowest BCUT2D eigenvalue weighted by atomic mass is 9.95. The number of aliphatic hydroxyl groups excluding tert-OH is 1. The maximum atomic E-state index is 12.9. The fourth-order valence-electron chi connectivity index (χ4n) is 4.39. The van der Waals surface area contributed by atoms with E-state index in [9.17, 15) is 13.5 Å². The highest BCUT2D eigenvalue weighted by atomic mass is 35.5. The summed E-state index contributed by atoms with van der Waals surface area (Å²) in [6, 6.07) is 6.18. The highest BCUT2D eigenvalue weighted by Crippen LogP contribution is 2.21. The standard InChI is InChI=1S/C26H44ClNO5S/c1-2-3-4-5-12-24(28-34(30,31)25-17-15-23(27)16-18-25)13-8-10-22(21-29)11-9-20-33-26-14-6-7-19-32-26/h15-18,22,24,26,28-29H,2-14,19-21H2,1H3. The molecule has 1 aliphatic rings. The third kappa shape index (κ3) is 11.8. The Labute approximate surface area is 211 Å². The normalized spacial score (nSPS) is 18.6. The van der Waals surface area contributed by atoms with Crippen molar-refractivity contribution in [2.45, 2.75) is 108 Å². The van der Waals surface area contributed by atoms with Crippen molar-refractivity contribution in [3.8, 4) is 0 Å². The van der Waals surface area contributed by atoms with E-state index in [4.69, 9.17) is 21.1 Å². The number of sulfonamides is 1. The van der Waals surface area contributed by atoms with Crippen molar-refractivity contribution in [1.29, 1.82) is 0 Å². The van der Waals surface area contributed by atoms with Crippen LogP contribution >= 0.6 is 11.6 Å². The molecule has 0 radical (unpaired) electrons. The lowest BCUT2D eigenvalue weighted by molar-refractivity contribution is -0.163. The Hall–Kier alpha value is -0.700. The number of unbranched alkanes of at least 4 members (excludes halogenated alkanes) is 3. The molecule has 3 unspecified atom stereocenters. The van der Waals surface area contributed by atoms with Crippen LogP contribution in [0.5, 0.6) is 0 Å². The minimum Gasteiger partial charge on any atom is -0.396 e. The van der Waals surface area contributed by atoms with Crippen molar-refractivity contribution in [2.24, 2.45) is 5.92 Å². The Morgan fingerprint density at radius 3 is 2.47 bits per heavy atom. The van der Waals surface area contributed by atoms with E-state index in [0.29, 0.717) is 11.6 Å². The lowest BCUT2D eigenvalue weighted by Gasteiger charge is -2.23. The Kier molecular flexibility index (Phi) is 14.7. The SMILES string of the molecule is CCCCCCC(CCCC(CO)CCCOC1CCCCO1)NS(=O)(=O)c1ccc(Cl)cc1.